The molecule has 0 saturated carbocycles. The van der Waals surface area contributed by atoms with E-state index in [2.05, 4.69) is 36.3 Å². The van der Waals surface area contributed by atoms with Crippen LogP contribution < -0.4 is 16.8 Å². The number of hydrogen-bond donors (Lipinski definition) is 4. The van der Waals surface area contributed by atoms with Gasteiger partial charge in [0.05, 0.1) is 0 Å². The lowest BCUT2D eigenvalue weighted by atomic mass is 10.2. The van der Waals surface area contributed by atoms with Crippen LogP contribution in [0.5, 0.6) is 0 Å². The van der Waals surface area contributed by atoms with Crippen LogP contribution in [0.15, 0.2) is 35.3 Å². The maximum Gasteiger partial charge on any atom is 0.195 e. The zero-order valence-corrected chi connectivity index (χ0v) is 12.3. The maximum absolute atomic E-state index is 6.81. The first-order chi connectivity index (χ1) is 8.56. The number of hydrogen-bond acceptors (Lipinski definition) is 2. The van der Waals surface area contributed by atoms with Crippen LogP contribution in [-0.4, -0.2) is 18.5 Å². The fraction of sp³-hybridized carbons (Fsp3) is 0.385. The summed E-state index contributed by atoms with van der Waals surface area (Å²) < 4.78 is 0. The Balaban J connectivity index is 0. The van der Waals surface area contributed by atoms with Gasteiger partial charge in [-0.25, -0.2) is 0 Å². The van der Waals surface area contributed by atoms with E-state index < -0.39 is 0 Å². The first-order valence-corrected chi connectivity index (χ1v) is 5.98. The summed E-state index contributed by atoms with van der Waals surface area (Å²) in [6.07, 6.45) is 2.08. The van der Waals surface area contributed by atoms with Crippen LogP contribution >= 0.6 is 12.4 Å². The first kappa shape index (κ1) is 19.6. The number of nitrogens with zero attached hydrogens (tertiary/aromatic N) is 1. The summed E-state index contributed by atoms with van der Waals surface area (Å²) in [5.74, 6) is 0.0358. The van der Waals surface area contributed by atoms with Crippen molar-refractivity contribution in [2.75, 3.05) is 6.54 Å². The fourth-order valence-electron chi connectivity index (χ4n) is 1.07. The molecule has 0 aliphatic heterocycles. The Morgan fingerprint density at radius 2 is 1.84 bits per heavy atom. The number of halogens is 1. The van der Waals surface area contributed by atoms with E-state index in [1.54, 1.807) is 0 Å². The molecule has 0 aliphatic carbocycles. The molecule has 0 spiro atoms. The van der Waals surface area contributed by atoms with Crippen LogP contribution in [0.4, 0.5) is 0 Å². The van der Waals surface area contributed by atoms with Crippen molar-refractivity contribution in [1.82, 2.24) is 5.32 Å². The van der Waals surface area contributed by atoms with Gasteiger partial charge in [0.2, 0.25) is 0 Å². The monoisotopic (exact) mass is 285 g/mol. The van der Waals surface area contributed by atoms with E-state index in [1.807, 2.05) is 18.2 Å². The molecule has 0 heterocycles. The molecular formula is C13H24ClN5. The predicted molar refractivity (Wildman–Crippen MR) is 84.9 cm³/mol. The topological polar surface area (TPSA) is 100 Å². The van der Waals surface area contributed by atoms with Crippen molar-refractivity contribution in [3.05, 3.63) is 35.9 Å². The number of benzene rings is 1. The molecule has 5 nitrogen and oxygen atoms in total. The largest absolute Gasteiger partial charge is 0.370 e. The minimum atomic E-state index is -0.178. The molecular weight excluding hydrogens is 262 g/mol. The van der Waals surface area contributed by atoms with Gasteiger partial charge >= 0.3 is 0 Å². The summed E-state index contributed by atoms with van der Waals surface area (Å²) in [4.78, 5) is 3.92. The number of rotatable bonds is 3. The number of aliphatic imine (C=N–C) groups is 1. The van der Waals surface area contributed by atoms with Crippen molar-refractivity contribution >= 4 is 24.3 Å². The summed E-state index contributed by atoms with van der Waals surface area (Å²) in [6, 6.07) is 10.3. The average Bonchev–Trinajstić information content (AvgIpc) is 2.30. The molecule has 6 heteroatoms. The standard InChI is InChI=1S/C7H8.C6H15N5.ClH/c1-7-5-3-2-4-6-7;1-2-3-4-10-6(9)11-5(7)8;/h2-6H,1H3;2-4H2,1H3,(H6,7,8,9,10,11);1H. The number of aryl methyl sites for hydroxylation is 1. The zero-order chi connectivity index (χ0) is 13.8. The normalized spacial score (nSPS) is 9.68. The van der Waals surface area contributed by atoms with Gasteiger partial charge in [-0.2, -0.15) is 0 Å². The number of guanidine groups is 2. The van der Waals surface area contributed by atoms with E-state index in [0.29, 0.717) is 6.54 Å². The molecule has 1 aromatic rings. The van der Waals surface area contributed by atoms with Crippen LogP contribution in [0.2, 0.25) is 0 Å². The zero-order valence-electron chi connectivity index (χ0n) is 11.5. The average molecular weight is 286 g/mol. The molecule has 1 rings (SSSR count). The molecule has 108 valence electrons. The molecule has 0 amide bonds. The fourth-order valence-corrected chi connectivity index (χ4v) is 1.07. The number of unbranched alkanes of at least 4 members (excludes halogenated alkanes) is 1. The van der Waals surface area contributed by atoms with Crippen LogP contribution in [0.1, 0.15) is 25.3 Å². The molecule has 1 aromatic carbocycles. The Kier molecular flexibility index (Phi) is 13.1. The van der Waals surface area contributed by atoms with Crippen molar-refractivity contribution in [3.63, 3.8) is 0 Å². The predicted octanol–water partition coefficient (Wildman–Crippen LogP) is 2.00. The second kappa shape index (κ2) is 12.7. The second-order valence-electron chi connectivity index (χ2n) is 3.81. The Morgan fingerprint density at radius 1 is 1.26 bits per heavy atom. The number of nitrogens with one attached hydrogen (secondary N) is 2. The van der Waals surface area contributed by atoms with Crippen molar-refractivity contribution in [3.8, 4) is 0 Å². The lowest BCUT2D eigenvalue weighted by Crippen LogP contribution is -2.40. The molecule has 0 unspecified atom stereocenters. The molecule has 0 aliphatic rings. The molecule has 6 N–H and O–H groups in total. The number of nitrogens with two attached hydrogens (primary N) is 2. The Morgan fingerprint density at radius 3 is 2.21 bits per heavy atom. The van der Waals surface area contributed by atoms with Gasteiger partial charge in [0.1, 0.15) is 0 Å². The van der Waals surface area contributed by atoms with Crippen LogP contribution in [-0.2, 0) is 0 Å². The highest BCUT2D eigenvalue weighted by Crippen LogP contribution is 1.92. The van der Waals surface area contributed by atoms with Gasteiger partial charge in [0.15, 0.2) is 11.9 Å². The minimum absolute atomic E-state index is 0. The van der Waals surface area contributed by atoms with E-state index in [1.165, 1.54) is 5.56 Å². The molecule has 0 fully saturated rings. The summed E-state index contributed by atoms with van der Waals surface area (Å²) in [5.41, 5.74) is 11.7. The van der Waals surface area contributed by atoms with E-state index in [0.717, 1.165) is 12.8 Å². The highest BCUT2D eigenvalue weighted by atomic mass is 35.5. The van der Waals surface area contributed by atoms with Crippen molar-refractivity contribution in [2.24, 2.45) is 16.5 Å². The Labute approximate surface area is 121 Å². The van der Waals surface area contributed by atoms with Gasteiger partial charge in [-0.1, -0.05) is 49.2 Å². The summed E-state index contributed by atoms with van der Waals surface area (Å²) in [7, 11) is 0. The Bertz CT molecular complexity index is 365. The van der Waals surface area contributed by atoms with Crippen LogP contribution in [0, 0.1) is 12.3 Å². The van der Waals surface area contributed by atoms with E-state index in [4.69, 9.17) is 16.9 Å². The first-order valence-electron chi connectivity index (χ1n) is 5.98. The lowest BCUT2D eigenvalue weighted by molar-refractivity contribution is 0.804. The van der Waals surface area contributed by atoms with Gasteiger partial charge < -0.3 is 11.5 Å². The molecule has 0 bridgehead atoms. The van der Waals surface area contributed by atoms with E-state index in [-0.39, 0.29) is 24.3 Å². The molecule has 0 saturated heterocycles. The molecule has 0 atom stereocenters. The third-order valence-electron chi connectivity index (χ3n) is 2.00. The van der Waals surface area contributed by atoms with Crippen molar-refractivity contribution in [2.45, 2.75) is 26.7 Å². The minimum Gasteiger partial charge on any atom is -0.370 e. The van der Waals surface area contributed by atoms with Gasteiger partial charge in [-0.3, -0.25) is 15.7 Å². The maximum atomic E-state index is 6.81. The van der Waals surface area contributed by atoms with Gasteiger partial charge in [0.25, 0.3) is 0 Å². The third kappa shape index (κ3) is 14.2. The van der Waals surface area contributed by atoms with Gasteiger partial charge in [-0.05, 0) is 13.3 Å². The lowest BCUT2D eigenvalue weighted by Gasteiger charge is -2.00. The van der Waals surface area contributed by atoms with Crippen molar-refractivity contribution in [1.29, 1.82) is 5.41 Å². The molecule has 19 heavy (non-hydrogen) atoms. The van der Waals surface area contributed by atoms with Gasteiger partial charge in [0, 0.05) is 6.54 Å². The Hall–Kier alpha value is -1.75. The van der Waals surface area contributed by atoms with Gasteiger partial charge in [-0.15, -0.1) is 12.4 Å². The van der Waals surface area contributed by atoms with E-state index >= 15 is 0 Å². The van der Waals surface area contributed by atoms with Crippen LogP contribution in [0.25, 0.3) is 0 Å². The van der Waals surface area contributed by atoms with E-state index in [9.17, 15) is 0 Å². The van der Waals surface area contributed by atoms with Crippen molar-refractivity contribution < 1.29 is 0 Å². The van der Waals surface area contributed by atoms with Crippen LogP contribution in [0.3, 0.4) is 0 Å². The third-order valence-corrected chi connectivity index (χ3v) is 2.00. The summed E-state index contributed by atoms with van der Waals surface area (Å²) >= 11 is 0. The molecule has 0 radical (unpaired) electrons. The smallest absolute Gasteiger partial charge is 0.195 e. The summed E-state index contributed by atoms with van der Waals surface area (Å²) in [6.45, 7) is 4.84. The molecule has 0 aromatic heterocycles. The SMILES string of the molecule is CCCCN=C(N)NC(=N)N.Cc1ccccc1.Cl. The highest BCUT2D eigenvalue weighted by Gasteiger charge is 1.90. The second-order valence-corrected chi connectivity index (χ2v) is 3.81. The summed E-state index contributed by atoms with van der Waals surface area (Å²) in [5, 5.41) is 9.20. The highest BCUT2D eigenvalue weighted by molar-refractivity contribution is 5.95. The quantitative estimate of drug-likeness (QED) is 0.388.